The number of ether oxygens (including phenoxy) is 2. The summed E-state index contributed by atoms with van der Waals surface area (Å²) in [5.41, 5.74) is 6.81. The number of ketones is 1. The van der Waals surface area contributed by atoms with Crippen molar-refractivity contribution < 1.29 is 23.0 Å². The number of allylic oxidation sites excluding steroid dienone is 2. The van der Waals surface area contributed by atoms with Crippen molar-refractivity contribution in [1.82, 2.24) is 0 Å². The van der Waals surface area contributed by atoms with E-state index in [1.165, 1.54) is 11.8 Å². The average Bonchev–Trinajstić information content (AvgIpc) is 3.06. The molecule has 3 unspecified atom stereocenters. The lowest BCUT2D eigenvalue weighted by Gasteiger charge is -2.25. The third-order valence-electron chi connectivity index (χ3n) is 4.23. The maximum atomic E-state index is 12.9. The Morgan fingerprint density at radius 1 is 1.41 bits per heavy atom. The molecule has 1 aromatic carbocycles. The molecular formula is C19H20F2N2O3S. The molecule has 0 aliphatic carbocycles. The van der Waals surface area contributed by atoms with E-state index in [1.54, 1.807) is 12.1 Å². The fourth-order valence-corrected chi connectivity index (χ4v) is 3.83. The van der Waals surface area contributed by atoms with Gasteiger partial charge in [0.25, 0.3) is 6.43 Å². The molecule has 2 aliphatic heterocycles. The zero-order valence-electron chi connectivity index (χ0n) is 14.7. The van der Waals surface area contributed by atoms with E-state index in [9.17, 15) is 13.6 Å². The summed E-state index contributed by atoms with van der Waals surface area (Å²) in [5.74, 6) is -0.112. The van der Waals surface area contributed by atoms with Gasteiger partial charge in [0.1, 0.15) is 0 Å². The predicted octanol–water partition coefficient (Wildman–Crippen LogP) is 3.18. The van der Waals surface area contributed by atoms with Crippen LogP contribution in [-0.4, -0.2) is 42.2 Å². The number of carbonyl (C=O) groups is 1. The molecule has 1 aromatic rings. The zero-order chi connectivity index (χ0) is 19.6. The second-order valence-corrected chi connectivity index (χ2v) is 7.68. The van der Waals surface area contributed by atoms with Gasteiger partial charge >= 0.3 is 0 Å². The number of aryl methyl sites for hydroxylation is 1. The van der Waals surface area contributed by atoms with E-state index < -0.39 is 18.4 Å². The number of nitrogens with zero attached hydrogens (tertiary/aromatic N) is 1. The van der Waals surface area contributed by atoms with Gasteiger partial charge in [-0.25, -0.2) is 13.8 Å². The molecule has 3 atom stereocenters. The Balaban J connectivity index is 1.81. The van der Waals surface area contributed by atoms with Crippen LogP contribution in [0.25, 0.3) is 0 Å². The van der Waals surface area contributed by atoms with Crippen molar-refractivity contribution in [2.45, 2.75) is 37.4 Å². The number of Topliss-reactive ketones (excluding diaryl/α,β-unsaturated/α-hetero) is 1. The van der Waals surface area contributed by atoms with Crippen LogP contribution in [0.2, 0.25) is 0 Å². The number of carbonyl (C=O) groups excluding carboxylic acids is 1. The normalized spacial score (nSPS) is 25.9. The molecule has 144 valence electrons. The lowest BCUT2D eigenvalue weighted by Crippen LogP contribution is -2.37. The van der Waals surface area contributed by atoms with Gasteiger partial charge in [0, 0.05) is 17.2 Å². The number of hydrogen-bond acceptors (Lipinski definition) is 6. The molecule has 5 nitrogen and oxygen atoms in total. The third-order valence-corrected chi connectivity index (χ3v) is 5.36. The molecular weight excluding hydrogens is 374 g/mol. The number of halogens is 2. The van der Waals surface area contributed by atoms with E-state index in [1.807, 2.05) is 19.1 Å². The monoisotopic (exact) mass is 394 g/mol. The Morgan fingerprint density at radius 3 is 2.78 bits per heavy atom. The van der Waals surface area contributed by atoms with Crippen LogP contribution in [0.15, 0.2) is 52.6 Å². The zero-order valence-corrected chi connectivity index (χ0v) is 15.5. The first-order valence-corrected chi connectivity index (χ1v) is 9.27. The van der Waals surface area contributed by atoms with Crippen molar-refractivity contribution in [3.8, 4) is 0 Å². The third kappa shape index (κ3) is 4.82. The van der Waals surface area contributed by atoms with Crippen molar-refractivity contribution in [1.29, 1.82) is 0 Å². The van der Waals surface area contributed by atoms with Crippen molar-refractivity contribution >= 4 is 23.3 Å². The maximum absolute atomic E-state index is 12.9. The summed E-state index contributed by atoms with van der Waals surface area (Å²) in [4.78, 5) is 16.3. The summed E-state index contributed by atoms with van der Waals surface area (Å²) in [6.07, 6.45) is -2.31. The summed E-state index contributed by atoms with van der Waals surface area (Å²) in [7, 11) is 0. The first-order chi connectivity index (χ1) is 12.8. The molecule has 0 radical (unpaired) electrons. The Hall–Kier alpha value is -2.03. The highest BCUT2D eigenvalue weighted by molar-refractivity contribution is 8.03. The second kappa shape index (κ2) is 8.33. The molecule has 2 N–H and O–H groups in total. The quantitative estimate of drug-likeness (QED) is 0.750. The van der Waals surface area contributed by atoms with Gasteiger partial charge < -0.3 is 15.2 Å². The molecule has 0 amide bonds. The second-order valence-electron chi connectivity index (χ2n) is 6.37. The smallest absolute Gasteiger partial charge is 0.277 e. The van der Waals surface area contributed by atoms with E-state index in [4.69, 9.17) is 15.2 Å². The number of fused-ring (bicyclic) bond motifs is 2. The van der Waals surface area contributed by atoms with Crippen LogP contribution < -0.4 is 5.73 Å². The molecule has 2 bridgehead atoms. The van der Waals surface area contributed by atoms with Gasteiger partial charge in [-0.2, -0.15) is 0 Å². The molecule has 8 heteroatoms. The minimum absolute atomic E-state index is 0.112. The van der Waals surface area contributed by atoms with E-state index in [-0.39, 0.29) is 22.8 Å². The van der Waals surface area contributed by atoms with Gasteiger partial charge in [0.15, 0.2) is 5.78 Å². The van der Waals surface area contributed by atoms with Crippen LogP contribution in [0.3, 0.4) is 0 Å². The Kier molecular flexibility index (Phi) is 6.08. The standard InChI is InChI=1S/C19H20F2N2O3S/c1-10-3-5-12(6-4-10)14(7-13(22)18(20)21)23-11(2)27-17-8-15(24)19-25-9-16(17)26-19/h3-7,16-19H,2,8-9,22H2,1H3/b13-7-,23-14+. The molecule has 2 aliphatic rings. The Labute approximate surface area is 160 Å². The van der Waals surface area contributed by atoms with Crippen LogP contribution >= 0.6 is 11.8 Å². The molecule has 0 spiro atoms. The number of nitrogens with two attached hydrogens (primary N) is 1. The fourth-order valence-electron chi connectivity index (χ4n) is 2.79. The average molecular weight is 394 g/mol. The van der Waals surface area contributed by atoms with Crippen LogP contribution in [0.1, 0.15) is 17.5 Å². The molecule has 3 rings (SSSR count). The van der Waals surface area contributed by atoms with Crippen LogP contribution in [0.5, 0.6) is 0 Å². The van der Waals surface area contributed by atoms with Gasteiger partial charge in [-0.1, -0.05) is 36.4 Å². The number of aliphatic imine (C=N–C) groups is 1. The first-order valence-electron chi connectivity index (χ1n) is 8.40. The van der Waals surface area contributed by atoms with E-state index in [2.05, 4.69) is 11.6 Å². The summed E-state index contributed by atoms with van der Waals surface area (Å²) in [6.45, 7) is 6.17. The minimum atomic E-state index is -2.78. The molecule has 2 heterocycles. The Morgan fingerprint density at radius 2 is 2.11 bits per heavy atom. The van der Waals surface area contributed by atoms with Crippen molar-refractivity contribution in [2.24, 2.45) is 10.7 Å². The predicted molar refractivity (Wildman–Crippen MR) is 101 cm³/mol. The van der Waals surface area contributed by atoms with Gasteiger partial charge in [-0.05, 0) is 13.0 Å². The highest BCUT2D eigenvalue weighted by Gasteiger charge is 2.43. The van der Waals surface area contributed by atoms with Gasteiger partial charge in [-0.3, -0.25) is 4.79 Å². The molecule has 0 aromatic heterocycles. The molecule has 2 fully saturated rings. The summed E-state index contributed by atoms with van der Waals surface area (Å²) in [6, 6.07) is 7.28. The number of benzene rings is 1. The van der Waals surface area contributed by atoms with Crippen LogP contribution in [-0.2, 0) is 14.3 Å². The largest absolute Gasteiger partial charge is 0.397 e. The van der Waals surface area contributed by atoms with E-state index >= 15 is 0 Å². The number of alkyl halides is 2. The number of thioether (sulfide) groups is 1. The summed E-state index contributed by atoms with van der Waals surface area (Å²) >= 11 is 1.28. The maximum Gasteiger partial charge on any atom is 0.277 e. The van der Waals surface area contributed by atoms with Crippen molar-refractivity contribution in [2.75, 3.05) is 6.61 Å². The minimum Gasteiger partial charge on any atom is -0.397 e. The van der Waals surface area contributed by atoms with Crippen molar-refractivity contribution in [3.63, 3.8) is 0 Å². The highest BCUT2D eigenvalue weighted by Crippen LogP contribution is 2.36. The lowest BCUT2D eigenvalue weighted by atomic mass is 10.1. The molecule has 27 heavy (non-hydrogen) atoms. The number of rotatable bonds is 6. The van der Waals surface area contributed by atoms with E-state index in [0.717, 1.165) is 11.6 Å². The fraction of sp³-hybridized carbons (Fsp3) is 0.368. The van der Waals surface area contributed by atoms with E-state index in [0.29, 0.717) is 23.6 Å². The van der Waals surface area contributed by atoms with Crippen LogP contribution in [0.4, 0.5) is 8.78 Å². The molecule has 0 saturated carbocycles. The number of hydrogen-bond donors (Lipinski definition) is 1. The van der Waals surface area contributed by atoms with Crippen molar-refractivity contribution in [3.05, 3.63) is 58.8 Å². The topological polar surface area (TPSA) is 73.9 Å². The summed E-state index contributed by atoms with van der Waals surface area (Å²) in [5, 5.41) is 0.207. The Bertz CT molecular complexity index is 793. The first kappa shape index (κ1) is 19.7. The van der Waals surface area contributed by atoms with Gasteiger partial charge in [0.05, 0.1) is 29.1 Å². The van der Waals surface area contributed by atoms with Gasteiger partial charge in [-0.15, -0.1) is 11.8 Å². The summed E-state index contributed by atoms with van der Waals surface area (Å²) < 4.78 is 36.5. The molecule has 2 saturated heterocycles. The highest BCUT2D eigenvalue weighted by atomic mass is 32.2. The van der Waals surface area contributed by atoms with Gasteiger partial charge in [0.2, 0.25) is 6.29 Å². The SMILES string of the molecule is C=C(/N=C(\C=C(/N)C(F)F)c1ccc(C)cc1)SC1CC(=O)C2OCC1O2. The van der Waals surface area contributed by atoms with Crippen LogP contribution in [0, 0.1) is 6.92 Å². The lowest BCUT2D eigenvalue weighted by molar-refractivity contribution is -0.151.